The molecular formula is C20H34N4O3S. The van der Waals surface area contributed by atoms with E-state index in [-0.39, 0.29) is 62.1 Å². The highest BCUT2D eigenvalue weighted by atomic mass is 32.2. The molecule has 1 aromatic rings. The summed E-state index contributed by atoms with van der Waals surface area (Å²) >= 11 is 0. The molecule has 28 heavy (non-hydrogen) atoms. The maximum atomic E-state index is 12.9. The van der Waals surface area contributed by atoms with Gasteiger partial charge in [0, 0.05) is 66.1 Å². The van der Waals surface area contributed by atoms with Crippen molar-refractivity contribution in [2.24, 2.45) is 5.89 Å². The van der Waals surface area contributed by atoms with Crippen LogP contribution in [0, 0.1) is 5.89 Å². The first-order valence-electron chi connectivity index (χ1n) is 16.6. The number of rotatable bonds is 10. The Balaban J connectivity index is 2.13. The number of carbonyl (C=O) groups is 1. The smallest absolute Gasteiger partial charge is 0.221 e. The Morgan fingerprint density at radius 1 is 1.36 bits per heavy atom. The predicted octanol–water partition coefficient (Wildman–Crippen LogP) is 2.12. The number of nitrogens with one attached hydrogen (secondary N) is 2. The molecule has 2 unspecified atom stereocenters. The Bertz CT molecular complexity index is 1300. The van der Waals surface area contributed by atoms with Gasteiger partial charge in [-0.15, -0.1) is 0 Å². The third-order valence-electron chi connectivity index (χ3n) is 3.68. The predicted molar refractivity (Wildman–Crippen MR) is 115 cm³/mol. The lowest BCUT2D eigenvalue weighted by Gasteiger charge is -2.36. The first-order chi connectivity index (χ1) is 19.8. The molecule has 1 heterocycles. The minimum absolute atomic E-state index is 0.0887. The molecule has 0 bridgehead atoms. The lowest BCUT2D eigenvalue weighted by atomic mass is 10.2. The van der Waals surface area contributed by atoms with Crippen LogP contribution in [0.1, 0.15) is 52.7 Å². The third-order valence-corrected chi connectivity index (χ3v) is 4.57. The summed E-state index contributed by atoms with van der Waals surface area (Å²) < 4.78 is 150. The van der Waals surface area contributed by atoms with Gasteiger partial charge < -0.3 is 10.2 Å². The lowest BCUT2D eigenvalue weighted by Crippen LogP contribution is -2.46. The molecule has 8 heteroatoms. The van der Waals surface area contributed by atoms with E-state index in [1.807, 2.05) is 0 Å². The topological polar surface area (TPSA) is 81.8 Å². The zero-order chi connectivity index (χ0) is 34.4. The summed E-state index contributed by atoms with van der Waals surface area (Å²) in [6.45, 7) is -9.21. The van der Waals surface area contributed by atoms with Crippen molar-refractivity contribution < 1.29 is 35.2 Å². The molecule has 2 N–H and O–H groups in total. The van der Waals surface area contributed by atoms with Gasteiger partial charge in [0.05, 0.1) is 9.82 Å². The van der Waals surface area contributed by atoms with Gasteiger partial charge in [-0.2, -0.15) is 0 Å². The van der Waals surface area contributed by atoms with E-state index in [1.165, 1.54) is 0 Å². The number of sulfonamides is 1. The fourth-order valence-electron chi connectivity index (χ4n) is 2.51. The molecule has 1 aliphatic heterocycles. The molecule has 158 valence electrons. The van der Waals surface area contributed by atoms with Crippen LogP contribution >= 0.6 is 0 Å². The minimum Gasteiger partial charge on any atom is -0.369 e. The molecular weight excluding hydrogens is 376 g/mol. The van der Waals surface area contributed by atoms with Crippen molar-refractivity contribution in [3.63, 3.8) is 0 Å². The standard InChI is InChI=1S/C20H34N4O3S/c1-17(2)16-28(26,27)21-9-4-5-10-23-11-13-24(14-12-23)20-8-6-7-19(15-20)22-18(3)25/h6-8,15,17,21H,4-5,9-14,16H2,1-3H3,(H,22,25)/i1D3,2D3,7D,8D,9D,10D,15D,16D2,17D/hD2. The molecule has 0 aliphatic carbocycles. The van der Waals surface area contributed by atoms with E-state index in [0.29, 0.717) is 5.31 Å². The van der Waals surface area contributed by atoms with Crippen molar-refractivity contribution >= 4 is 27.3 Å². The van der Waals surface area contributed by atoms with Crippen LogP contribution in [-0.4, -0.2) is 64.2 Å². The Kier molecular flexibility index (Phi) is 3.47. The largest absolute Gasteiger partial charge is 0.369 e. The fraction of sp³-hybridized carbons (Fsp3) is 0.650. The SMILES string of the molecule is [2H]c1cc([2H])c(N([2H])C(C)=O)c([2H])c1N1CCN(C([2H])CCC([2H])N([2H])S(=O)(=O)C([2H])([2H])C([2H])(C([2H])([2H])[2H])C([2H])([2H])[2H])CC1. The number of amides is 1. The van der Waals surface area contributed by atoms with Crippen molar-refractivity contribution in [2.45, 2.75) is 33.5 Å². The number of piperazine rings is 1. The van der Waals surface area contributed by atoms with E-state index in [4.69, 9.17) is 22.0 Å². The van der Waals surface area contributed by atoms with E-state index in [2.05, 4.69) is 0 Å². The van der Waals surface area contributed by atoms with Gasteiger partial charge in [-0.25, -0.2) is 13.1 Å². The summed E-state index contributed by atoms with van der Waals surface area (Å²) in [5, 5.41) is 0.401. The first kappa shape index (κ1) is 9.02. The van der Waals surface area contributed by atoms with Crippen molar-refractivity contribution in [3.8, 4) is 0 Å². The quantitative estimate of drug-likeness (QED) is 0.599. The van der Waals surface area contributed by atoms with Crippen LogP contribution in [0.4, 0.5) is 11.4 Å². The van der Waals surface area contributed by atoms with Crippen LogP contribution < -0.4 is 14.9 Å². The molecule has 2 rings (SSSR count). The van der Waals surface area contributed by atoms with E-state index < -0.39 is 65.4 Å². The molecule has 2 atom stereocenters. The Morgan fingerprint density at radius 3 is 2.79 bits per heavy atom. The zero-order valence-electron chi connectivity index (χ0n) is 31.4. The number of carbonyl (C=O) groups excluding carboxylic acids is 1. The van der Waals surface area contributed by atoms with Gasteiger partial charge in [0.1, 0.15) is 1.41 Å². The second-order valence-corrected chi connectivity index (χ2v) is 7.27. The summed E-state index contributed by atoms with van der Waals surface area (Å²) in [5.41, 5.74) is -4.53. The summed E-state index contributed by atoms with van der Waals surface area (Å²) in [4.78, 5) is 14.9. The van der Waals surface area contributed by atoms with E-state index in [0.717, 1.165) is 13.0 Å². The van der Waals surface area contributed by atoms with Gasteiger partial charge in [0.25, 0.3) is 0 Å². The van der Waals surface area contributed by atoms with Crippen LogP contribution in [-0.2, 0) is 14.8 Å². The second-order valence-electron chi connectivity index (χ2n) is 5.91. The van der Waals surface area contributed by atoms with Gasteiger partial charge in [-0.3, -0.25) is 9.69 Å². The first-order valence-corrected chi connectivity index (χ1v) is 9.96. The van der Waals surface area contributed by atoms with Gasteiger partial charge in [-0.1, -0.05) is 19.8 Å². The maximum absolute atomic E-state index is 12.9. The number of benzene rings is 1. The highest BCUT2D eigenvalue weighted by Gasteiger charge is 2.17. The van der Waals surface area contributed by atoms with Gasteiger partial charge in [0.2, 0.25) is 15.9 Å². The average Bonchev–Trinajstić information content (AvgIpc) is 2.88. The fourth-order valence-corrected chi connectivity index (χ4v) is 3.12. The van der Waals surface area contributed by atoms with E-state index >= 15 is 0 Å². The molecule has 0 radical (unpaired) electrons. The van der Waals surface area contributed by atoms with Crippen LogP contribution in [0.15, 0.2) is 24.2 Å². The van der Waals surface area contributed by atoms with Crippen LogP contribution in [0.25, 0.3) is 0 Å². The summed E-state index contributed by atoms with van der Waals surface area (Å²) in [5.74, 6) is -4.92. The number of anilines is 2. The molecule has 1 fully saturated rings. The van der Waals surface area contributed by atoms with Gasteiger partial charge >= 0.3 is 0 Å². The average molecular weight is 427 g/mol. The van der Waals surface area contributed by atoms with Crippen molar-refractivity contribution in [1.82, 2.24) is 9.62 Å². The highest BCUT2D eigenvalue weighted by molar-refractivity contribution is 7.89. The third kappa shape index (κ3) is 8.16. The van der Waals surface area contributed by atoms with Crippen LogP contribution in [0.2, 0.25) is 2.82 Å². The Labute approximate surface area is 192 Å². The van der Waals surface area contributed by atoms with Crippen molar-refractivity contribution in [3.05, 3.63) is 24.2 Å². The van der Waals surface area contributed by atoms with Gasteiger partial charge in [-0.05, 0) is 43.4 Å². The molecule has 7 nitrogen and oxygen atoms in total. The van der Waals surface area contributed by atoms with E-state index in [9.17, 15) is 13.2 Å². The van der Waals surface area contributed by atoms with Crippen molar-refractivity contribution in [2.75, 3.05) is 55.1 Å². The zero-order valence-corrected chi connectivity index (χ0v) is 16.2. The molecule has 1 aliphatic rings. The Hall–Kier alpha value is -1.64. The number of nitrogens with zero attached hydrogens (tertiary/aromatic N) is 2. The Morgan fingerprint density at radius 2 is 2.11 bits per heavy atom. The summed E-state index contributed by atoms with van der Waals surface area (Å²) in [6.07, 6.45) is -0.726. The normalized spacial score (nSPS) is 28.3. The summed E-state index contributed by atoms with van der Waals surface area (Å²) in [7, 11) is -5.83. The lowest BCUT2D eigenvalue weighted by molar-refractivity contribution is -0.114. The highest BCUT2D eigenvalue weighted by Crippen LogP contribution is 2.21. The number of hydrogen-bond acceptors (Lipinski definition) is 5. The minimum atomic E-state index is -5.83. The van der Waals surface area contributed by atoms with Crippen molar-refractivity contribution in [1.29, 1.82) is 0 Å². The molecule has 1 saturated heterocycles. The summed E-state index contributed by atoms with van der Waals surface area (Å²) in [6, 6.07) is 0.253. The molecule has 0 aromatic heterocycles. The molecule has 1 aromatic carbocycles. The van der Waals surface area contributed by atoms with Crippen LogP contribution in [0.5, 0.6) is 0 Å². The molecule has 1 amide bonds. The van der Waals surface area contributed by atoms with E-state index in [1.54, 1.807) is 9.80 Å². The molecule has 0 saturated carbocycles. The maximum Gasteiger partial charge on any atom is 0.221 e. The second kappa shape index (κ2) is 10.8. The number of hydrogen-bond donors (Lipinski definition) is 2. The molecule has 0 spiro atoms. The monoisotopic (exact) mass is 426 g/mol. The van der Waals surface area contributed by atoms with Crippen LogP contribution in [0.3, 0.4) is 0 Å². The van der Waals surface area contributed by atoms with Gasteiger partial charge in [0.15, 0.2) is 1.41 Å².